The maximum Gasteiger partial charge on any atom is 0.230 e. The van der Waals surface area contributed by atoms with Gasteiger partial charge in [0.25, 0.3) is 0 Å². The lowest BCUT2D eigenvalue weighted by molar-refractivity contribution is -0.118. The van der Waals surface area contributed by atoms with Crippen molar-refractivity contribution in [2.24, 2.45) is 0 Å². The summed E-state index contributed by atoms with van der Waals surface area (Å²) in [5.74, 6) is 1.47. The summed E-state index contributed by atoms with van der Waals surface area (Å²) in [6.07, 6.45) is 1.79. The summed E-state index contributed by atoms with van der Waals surface area (Å²) < 4.78 is 0. The standard InChI is InChI=1S/C19H22ClNOS/c1-15-8-10-16(11-9-15)13-23-14-19(22)21-12-4-6-17-5-2-3-7-18(17)20/h2-3,5,7-11H,4,6,12-14H2,1H3,(H,21,22). The van der Waals surface area contributed by atoms with Crippen molar-refractivity contribution in [2.45, 2.75) is 25.5 Å². The lowest BCUT2D eigenvalue weighted by Crippen LogP contribution is -2.26. The average molecular weight is 348 g/mol. The number of hydrogen-bond donors (Lipinski definition) is 1. The van der Waals surface area contributed by atoms with Crippen molar-refractivity contribution in [3.63, 3.8) is 0 Å². The number of aryl methyl sites for hydroxylation is 2. The first-order valence-electron chi connectivity index (χ1n) is 7.78. The van der Waals surface area contributed by atoms with E-state index in [2.05, 4.69) is 36.5 Å². The van der Waals surface area contributed by atoms with Gasteiger partial charge in [-0.25, -0.2) is 0 Å². The smallest absolute Gasteiger partial charge is 0.230 e. The fraction of sp³-hybridized carbons (Fsp3) is 0.316. The lowest BCUT2D eigenvalue weighted by atomic mass is 10.1. The second-order valence-corrected chi connectivity index (χ2v) is 6.92. The van der Waals surface area contributed by atoms with E-state index in [0.29, 0.717) is 12.3 Å². The first kappa shape index (κ1) is 17.9. The van der Waals surface area contributed by atoms with Gasteiger partial charge in [-0.05, 0) is 37.0 Å². The Hall–Kier alpha value is -1.45. The van der Waals surface area contributed by atoms with E-state index in [-0.39, 0.29) is 5.91 Å². The van der Waals surface area contributed by atoms with Crippen LogP contribution in [0.1, 0.15) is 23.1 Å². The minimum atomic E-state index is 0.0984. The fourth-order valence-corrected chi connectivity index (χ4v) is 3.25. The third-order valence-electron chi connectivity index (χ3n) is 3.53. The number of hydrogen-bond acceptors (Lipinski definition) is 2. The molecular formula is C19H22ClNOS. The first-order valence-corrected chi connectivity index (χ1v) is 9.32. The van der Waals surface area contributed by atoms with Crippen molar-refractivity contribution in [3.8, 4) is 0 Å². The van der Waals surface area contributed by atoms with Crippen molar-refractivity contribution in [2.75, 3.05) is 12.3 Å². The quantitative estimate of drug-likeness (QED) is 0.705. The summed E-state index contributed by atoms with van der Waals surface area (Å²) in [6.45, 7) is 2.77. The number of rotatable bonds is 8. The number of thioether (sulfide) groups is 1. The highest BCUT2D eigenvalue weighted by Gasteiger charge is 2.03. The zero-order valence-electron chi connectivity index (χ0n) is 13.3. The molecule has 0 fully saturated rings. The molecule has 2 aromatic carbocycles. The van der Waals surface area contributed by atoms with Gasteiger partial charge in [-0.15, -0.1) is 11.8 Å². The van der Waals surface area contributed by atoms with E-state index in [1.165, 1.54) is 11.1 Å². The van der Waals surface area contributed by atoms with E-state index in [1.54, 1.807) is 11.8 Å². The van der Waals surface area contributed by atoms with Crippen LogP contribution in [-0.4, -0.2) is 18.2 Å². The maximum atomic E-state index is 11.8. The largest absolute Gasteiger partial charge is 0.355 e. The molecule has 23 heavy (non-hydrogen) atoms. The zero-order valence-corrected chi connectivity index (χ0v) is 14.9. The van der Waals surface area contributed by atoms with Crippen molar-refractivity contribution < 1.29 is 4.79 Å². The molecule has 0 unspecified atom stereocenters. The molecule has 2 rings (SSSR count). The summed E-state index contributed by atoms with van der Waals surface area (Å²) in [5.41, 5.74) is 3.65. The van der Waals surface area contributed by atoms with Crippen LogP contribution in [0.5, 0.6) is 0 Å². The minimum Gasteiger partial charge on any atom is -0.355 e. The zero-order chi connectivity index (χ0) is 16.5. The van der Waals surface area contributed by atoms with Crippen LogP contribution in [0, 0.1) is 6.92 Å². The Morgan fingerprint density at radius 2 is 1.87 bits per heavy atom. The second kappa shape index (κ2) is 9.64. The van der Waals surface area contributed by atoms with Gasteiger partial charge in [-0.2, -0.15) is 0 Å². The van der Waals surface area contributed by atoms with E-state index < -0.39 is 0 Å². The van der Waals surface area contributed by atoms with Gasteiger partial charge in [0, 0.05) is 17.3 Å². The van der Waals surface area contributed by atoms with Crippen LogP contribution in [-0.2, 0) is 17.0 Å². The van der Waals surface area contributed by atoms with Crippen LogP contribution in [0.15, 0.2) is 48.5 Å². The number of halogens is 1. The highest BCUT2D eigenvalue weighted by molar-refractivity contribution is 7.99. The molecule has 0 heterocycles. The van der Waals surface area contributed by atoms with E-state index in [9.17, 15) is 4.79 Å². The molecule has 0 aliphatic heterocycles. The molecule has 0 radical (unpaired) electrons. The predicted molar refractivity (Wildman–Crippen MR) is 100 cm³/mol. The molecule has 2 aromatic rings. The number of carbonyl (C=O) groups excluding carboxylic acids is 1. The molecule has 0 bridgehead atoms. The predicted octanol–water partition coefficient (Wildman–Crippen LogP) is 4.63. The highest BCUT2D eigenvalue weighted by Crippen LogP contribution is 2.16. The van der Waals surface area contributed by atoms with Crippen molar-refractivity contribution in [3.05, 3.63) is 70.2 Å². The van der Waals surface area contributed by atoms with Gasteiger partial charge in [0.2, 0.25) is 5.91 Å². The van der Waals surface area contributed by atoms with Gasteiger partial charge < -0.3 is 5.32 Å². The summed E-state index contributed by atoms with van der Waals surface area (Å²) in [7, 11) is 0. The minimum absolute atomic E-state index is 0.0984. The third kappa shape index (κ3) is 6.67. The molecule has 0 atom stereocenters. The molecule has 0 spiro atoms. The normalized spacial score (nSPS) is 10.5. The Labute approximate surface area is 147 Å². The van der Waals surface area contributed by atoms with Crippen molar-refractivity contribution in [1.29, 1.82) is 0 Å². The summed E-state index contributed by atoms with van der Waals surface area (Å²) in [5, 5.41) is 3.76. The first-order chi connectivity index (χ1) is 11.1. The molecule has 4 heteroatoms. The lowest BCUT2D eigenvalue weighted by Gasteiger charge is -2.07. The molecule has 122 valence electrons. The van der Waals surface area contributed by atoms with Crippen LogP contribution < -0.4 is 5.32 Å². The highest BCUT2D eigenvalue weighted by atomic mass is 35.5. The Morgan fingerprint density at radius 1 is 1.13 bits per heavy atom. The van der Waals surface area contributed by atoms with E-state index in [0.717, 1.165) is 29.2 Å². The monoisotopic (exact) mass is 347 g/mol. The van der Waals surface area contributed by atoms with E-state index >= 15 is 0 Å². The summed E-state index contributed by atoms with van der Waals surface area (Å²) in [4.78, 5) is 11.8. The van der Waals surface area contributed by atoms with Crippen LogP contribution in [0.25, 0.3) is 0 Å². The molecule has 2 nitrogen and oxygen atoms in total. The number of benzene rings is 2. The van der Waals surface area contributed by atoms with Gasteiger partial charge in [0.15, 0.2) is 0 Å². The van der Waals surface area contributed by atoms with Crippen LogP contribution in [0.4, 0.5) is 0 Å². The third-order valence-corrected chi connectivity index (χ3v) is 4.90. The fourth-order valence-electron chi connectivity index (χ4n) is 2.20. The number of nitrogens with one attached hydrogen (secondary N) is 1. The molecule has 0 aliphatic carbocycles. The second-order valence-electron chi connectivity index (χ2n) is 5.52. The Morgan fingerprint density at radius 3 is 2.61 bits per heavy atom. The SMILES string of the molecule is Cc1ccc(CSCC(=O)NCCCc2ccccc2Cl)cc1. The van der Waals surface area contributed by atoms with Crippen LogP contribution in [0.2, 0.25) is 5.02 Å². The van der Waals surface area contributed by atoms with Crippen LogP contribution in [0.3, 0.4) is 0 Å². The van der Waals surface area contributed by atoms with Crippen LogP contribution >= 0.6 is 23.4 Å². The Balaban J connectivity index is 1.58. The van der Waals surface area contributed by atoms with Gasteiger partial charge in [-0.1, -0.05) is 59.6 Å². The molecule has 1 amide bonds. The number of amides is 1. The van der Waals surface area contributed by atoms with Crippen molar-refractivity contribution >= 4 is 29.3 Å². The molecular weight excluding hydrogens is 326 g/mol. The van der Waals surface area contributed by atoms with E-state index in [1.807, 2.05) is 24.3 Å². The average Bonchev–Trinajstić information content (AvgIpc) is 2.55. The molecule has 0 aromatic heterocycles. The Bertz CT molecular complexity index is 628. The molecule has 0 aliphatic rings. The summed E-state index contributed by atoms with van der Waals surface area (Å²) >= 11 is 7.76. The van der Waals surface area contributed by atoms with Gasteiger partial charge >= 0.3 is 0 Å². The Kier molecular flexibility index (Phi) is 7.50. The molecule has 0 saturated carbocycles. The van der Waals surface area contributed by atoms with E-state index in [4.69, 9.17) is 11.6 Å². The maximum absolute atomic E-state index is 11.8. The number of carbonyl (C=O) groups is 1. The van der Waals surface area contributed by atoms with Gasteiger partial charge in [0.1, 0.15) is 0 Å². The van der Waals surface area contributed by atoms with Crippen molar-refractivity contribution in [1.82, 2.24) is 5.32 Å². The molecule has 1 N–H and O–H groups in total. The van der Waals surface area contributed by atoms with Gasteiger partial charge in [-0.3, -0.25) is 4.79 Å². The topological polar surface area (TPSA) is 29.1 Å². The van der Waals surface area contributed by atoms with Gasteiger partial charge in [0.05, 0.1) is 5.75 Å². The summed E-state index contributed by atoms with van der Waals surface area (Å²) in [6, 6.07) is 16.3. The molecule has 0 saturated heterocycles.